The molecule has 1 aromatic rings. The summed E-state index contributed by atoms with van der Waals surface area (Å²) >= 11 is 0. The first-order valence-corrected chi connectivity index (χ1v) is 6.85. The summed E-state index contributed by atoms with van der Waals surface area (Å²) in [5, 5.41) is 2.58. The highest BCUT2D eigenvalue weighted by Crippen LogP contribution is 2.22. The van der Waals surface area contributed by atoms with Gasteiger partial charge in [0, 0.05) is 13.1 Å². The average Bonchev–Trinajstić information content (AvgIpc) is 2.48. The Hall–Kier alpha value is -2.04. The first kappa shape index (κ1) is 14.4. The highest BCUT2D eigenvalue weighted by Gasteiger charge is 2.23. The molecule has 1 aliphatic heterocycles. The third-order valence-corrected chi connectivity index (χ3v) is 3.65. The van der Waals surface area contributed by atoms with Crippen LogP contribution in [0.3, 0.4) is 0 Å². The van der Waals surface area contributed by atoms with Gasteiger partial charge in [0.2, 0.25) is 0 Å². The normalized spacial score (nSPS) is 15.8. The van der Waals surface area contributed by atoms with Crippen molar-refractivity contribution in [3.63, 3.8) is 0 Å². The second-order valence-electron chi connectivity index (χ2n) is 5.14. The van der Waals surface area contributed by atoms with Gasteiger partial charge in [-0.05, 0) is 30.9 Å². The SMILES string of the molecule is COC(=O)Nc1ccccc1C(=O)N1CCC(C)CC1. The fourth-order valence-electron chi connectivity index (χ4n) is 2.32. The van der Waals surface area contributed by atoms with Crippen molar-refractivity contribution in [1.29, 1.82) is 0 Å². The van der Waals surface area contributed by atoms with Crippen LogP contribution in [0.4, 0.5) is 10.5 Å². The van der Waals surface area contributed by atoms with Crippen LogP contribution in [0.1, 0.15) is 30.1 Å². The molecule has 0 saturated carbocycles. The van der Waals surface area contributed by atoms with Gasteiger partial charge in [-0.3, -0.25) is 10.1 Å². The zero-order chi connectivity index (χ0) is 14.5. The van der Waals surface area contributed by atoms with Crippen LogP contribution in [0.5, 0.6) is 0 Å². The number of nitrogens with one attached hydrogen (secondary N) is 1. The number of carbonyl (C=O) groups is 2. The molecule has 0 bridgehead atoms. The molecule has 1 saturated heterocycles. The second kappa shape index (κ2) is 6.41. The lowest BCUT2D eigenvalue weighted by Crippen LogP contribution is -2.38. The van der Waals surface area contributed by atoms with E-state index in [0.29, 0.717) is 17.2 Å². The molecule has 1 aromatic carbocycles. The van der Waals surface area contributed by atoms with Crippen LogP contribution >= 0.6 is 0 Å². The third-order valence-electron chi connectivity index (χ3n) is 3.65. The first-order chi connectivity index (χ1) is 9.61. The van der Waals surface area contributed by atoms with Crippen molar-refractivity contribution in [3.8, 4) is 0 Å². The molecule has 0 atom stereocenters. The van der Waals surface area contributed by atoms with Gasteiger partial charge in [-0.25, -0.2) is 4.79 Å². The highest BCUT2D eigenvalue weighted by atomic mass is 16.5. The van der Waals surface area contributed by atoms with Crippen molar-refractivity contribution >= 4 is 17.7 Å². The van der Waals surface area contributed by atoms with E-state index in [2.05, 4.69) is 17.0 Å². The number of amides is 2. The van der Waals surface area contributed by atoms with Crippen molar-refractivity contribution in [2.45, 2.75) is 19.8 Å². The van der Waals surface area contributed by atoms with E-state index in [-0.39, 0.29) is 5.91 Å². The summed E-state index contributed by atoms with van der Waals surface area (Å²) in [7, 11) is 1.30. The zero-order valence-electron chi connectivity index (χ0n) is 11.9. The number of hydrogen-bond donors (Lipinski definition) is 1. The van der Waals surface area contributed by atoms with Gasteiger partial charge in [0.05, 0.1) is 18.4 Å². The number of benzene rings is 1. The number of carbonyl (C=O) groups excluding carboxylic acids is 2. The van der Waals surface area contributed by atoms with Crippen LogP contribution in [-0.4, -0.2) is 37.1 Å². The quantitative estimate of drug-likeness (QED) is 0.903. The minimum atomic E-state index is -0.572. The number of ether oxygens (including phenoxy) is 1. The van der Waals surface area contributed by atoms with Crippen LogP contribution in [0.2, 0.25) is 0 Å². The molecule has 1 aliphatic rings. The molecular formula is C15H20N2O3. The van der Waals surface area contributed by atoms with E-state index < -0.39 is 6.09 Å². The molecule has 2 amide bonds. The molecule has 1 fully saturated rings. The molecule has 5 heteroatoms. The molecule has 1 N–H and O–H groups in total. The Bertz CT molecular complexity index is 494. The predicted octanol–water partition coefficient (Wildman–Crippen LogP) is 2.74. The van der Waals surface area contributed by atoms with Crippen LogP contribution in [0, 0.1) is 5.92 Å². The van der Waals surface area contributed by atoms with Crippen LogP contribution in [0.25, 0.3) is 0 Å². The van der Waals surface area contributed by atoms with E-state index in [0.717, 1.165) is 25.9 Å². The van der Waals surface area contributed by atoms with Crippen molar-refractivity contribution in [2.24, 2.45) is 5.92 Å². The number of anilines is 1. The summed E-state index contributed by atoms with van der Waals surface area (Å²) in [6, 6.07) is 7.00. The standard InChI is InChI=1S/C15H20N2O3/c1-11-7-9-17(10-8-11)14(18)12-5-3-4-6-13(12)16-15(19)20-2/h3-6,11H,7-10H2,1-2H3,(H,16,19). The van der Waals surface area contributed by atoms with Gasteiger partial charge < -0.3 is 9.64 Å². The van der Waals surface area contributed by atoms with Crippen LogP contribution in [0.15, 0.2) is 24.3 Å². The maximum absolute atomic E-state index is 12.5. The third kappa shape index (κ3) is 3.29. The minimum absolute atomic E-state index is 0.0381. The Kier molecular flexibility index (Phi) is 4.61. The van der Waals surface area contributed by atoms with Gasteiger partial charge in [0.15, 0.2) is 0 Å². The molecule has 5 nitrogen and oxygen atoms in total. The molecular weight excluding hydrogens is 256 g/mol. The van der Waals surface area contributed by atoms with E-state index in [9.17, 15) is 9.59 Å². The van der Waals surface area contributed by atoms with Gasteiger partial charge >= 0.3 is 6.09 Å². The minimum Gasteiger partial charge on any atom is -0.453 e. The van der Waals surface area contributed by atoms with Crippen molar-refractivity contribution < 1.29 is 14.3 Å². The van der Waals surface area contributed by atoms with E-state index in [1.807, 2.05) is 4.90 Å². The molecule has 0 spiro atoms. The lowest BCUT2D eigenvalue weighted by Gasteiger charge is -2.30. The number of methoxy groups -OCH3 is 1. The zero-order valence-corrected chi connectivity index (χ0v) is 11.9. The molecule has 1 heterocycles. The topological polar surface area (TPSA) is 58.6 Å². The smallest absolute Gasteiger partial charge is 0.411 e. The average molecular weight is 276 g/mol. The lowest BCUT2D eigenvalue weighted by atomic mass is 9.98. The molecule has 0 aliphatic carbocycles. The fraction of sp³-hybridized carbons (Fsp3) is 0.467. The fourth-order valence-corrected chi connectivity index (χ4v) is 2.32. The maximum Gasteiger partial charge on any atom is 0.411 e. The second-order valence-corrected chi connectivity index (χ2v) is 5.14. The first-order valence-electron chi connectivity index (χ1n) is 6.85. The van der Waals surface area contributed by atoms with E-state index in [4.69, 9.17) is 0 Å². The molecule has 0 aromatic heterocycles. The van der Waals surface area contributed by atoms with Gasteiger partial charge in [0.1, 0.15) is 0 Å². The molecule has 108 valence electrons. The summed E-state index contributed by atoms with van der Waals surface area (Å²) in [5.41, 5.74) is 0.996. The van der Waals surface area contributed by atoms with Crippen molar-refractivity contribution in [3.05, 3.63) is 29.8 Å². The Morgan fingerprint density at radius 3 is 2.55 bits per heavy atom. The summed E-state index contributed by atoms with van der Waals surface area (Å²) in [4.78, 5) is 25.7. The molecule has 2 rings (SSSR count). The highest BCUT2D eigenvalue weighted by molar-refractivity contribution is 6.02. The van der Waals surface area contributed by atoms with E-state index in [1.165, 1.54) is 7.11 Å². The summed E-state index contributed by atoms with van der Waals surface area (Å²) in [5.74, 6) is 0.631. The summed E-state index contributed by atoms with van der Waals surface area (Å²) in [6.07, 6.45) is 1.48. The van der Waals surface area contributed by atoms with Gasteiger partial charge in [-0.1, -0.05) is 19.1 Å². The number of hydrogen-bond acceptors (Lipinski definition) is 3. The Balaban J connectivity index is 2.15. The van der Waals surface area contributed by atoms with Gasteiger partial charge in [0.25, 0.3) is 5.91 Å². The number of para-hydroxylation sites is 1. The Morgan fingerprint density at radius 2 is 1.90 bits per heavy atom. The van der Waals surface area contributed by atoms with Crippen LogP contribution in [-0.2, 0) is 4.74 Å². The predicted molar refractivity (Wildman–Crippen MR) is 76.8 cm³/mol. The number of nitrogens with zero attached hydrogens (tertiary/aromatic N) is 1. The number of rotatable bonds is 2. The lowest BCUT2D eigenvalue weighted by molar-refractivity contribution is 0.0698. The molecule has 20 heavy (non-hydrogen) atoms. The van der Waals surface area contributed by atoms with E-state index >= 15 is 0 Å². The molecule has 0 unspecified atom stereocenters. The van der Waals surface area contributed by atoms with Gasteiger partial charge in [-0.15, -0.1) is 0 Å². The van der Waals surface area contributed by atoms with Gasteiger partial charge in [-0.2, -0.15) is 0 Å². The number of piperidine rings is 1. The number of likely N-dealkylation sites (tertiary alicyclic amines) is 1. The largest absolute Gasteiger partial charge is 0.453 e. The van der Waals surface area contributed by atoms with E-state index in [1.54, 1.807) is 24.3 Å². The monoisotopic (exact) mass is 276 g/mol. The Labute approximate surface area is 118 Å². The van der Waals surface area contributed by atoms with Crippen LogP contribution < -0.4 is 5.32 Å². The maximum atomic E-state index is 12.5. The van der Waals surface area contributed by atoms with Crippen molar-refractivity contribution in [2.75, 3.05) is 25.5 Å². The Morgan fingerprint density at radius 1 is 1.25 bits per heavy atom. The van der Waals surface area contributed by atoms with Crippen molar-refractivity contribution in [1.82, 2.24) is 4.90 Å². The summed E-state index contributed by atoms with van der Waals surface area (Å²) in [6.45, 7) is 3.74. The molecule has 0 radical (unpaired) electrons. The summed E-state index contributed by atoms with van der Waals surface area (Å²) < 4.78 is 4.57.